The van der Waals surface area contributed by atoms with E-state index < -0.39 is 10.0 Å². The predicted octanol–water partition coefficient (Wildman–Crippen LogP) is 2.90. The zero-order chi connectivity index (χ0) is 15.1. The first kappa shape index (κ1) is 15.6. The van der Waals surface area contributed by atoms with Gasteiger partial charge in [-0.15, -0.1) is 0 Å². The first-order valence-corrected chi connectivity index (χ1v) is 8.61. The smallest absolute Gasteiger partial charge is 0.243 e. The highest BCUT2D eigenvalue weighted by Gasteiger charge is 2.33. The highest BCUT2D eigenvalue weighted by molar-refractivity contribution is 7.89. The summed E-state index contributed by atoms with van der Waals surface area (Å²) < 4.78 is 27.1. The zero-order valence-electron chi connectivity index (χ0n) is 12.1. The van der Waals surface area contributed by atoms with Gasteiger partial charge in [-0.1, -0.05) is 25.4 Å². The predicted molar refractivity (Wildman–Crippen MR) is 82.3 cm³/mol. The Bertz CT molecular complexity index is 616. The van der Waals surface area contributed by atoms with Gasteiger partial charge >= 0.3 is 0 Å². The molecule has 1 aliphatic heterocycles. The number of anilines is 1. The Hall–Kier alpha value is -0.780. The maximum atomic E-state index is 12.8. The number of sulfonamides is 1. The largest absolute Gasteiger partial charge is 0.398 e. The molecule has 0 spiro atoms. The molecule has 1 aromatic rings. The second-order valence-corrected chi connectivity index (χ2v) is 8.07. The Morgan fingerprint density at radius 2 is 1.95 bits per heavy atom. The lowest BCUT2D eigenvalue weighted by atomic mass is 9.90. The quantitative estimate of drug-likeness (QED) is 0.853. The van der Waals surface area contributed by atoms with Gasteiger partial charge in [0.15, 0.2) is 0 Å². The van der Waals surface area contributed by atoms with Crippen molar-refractivity contribution in [3.05, 3.63) is 22.7 Å². The lowest BCUT2D eigenvalue weighted by Crippen LogP contribution is -2.42. The molecule has 0 saturated carbocycles. The number of benzene rings is 1. The molecule has 20 heavy (non-hydrogen) atoms. The van der Waals surface area contributed by atoms with Crippen molar-refractivity contribution in [1.82, 2.24) is 4.31 Å². The van der Waals surface area contributed by atoms with Crippen LogP contribution in [0.15, 0.2) is 17.0 Å². The summed E-state index contributed by atoms with van der Waals surface area (Å²) in [7, 11) is -3.53. The zero-order valence-corrected chi connectivity index (χ0v) is 13.6. The molecule has 0 amide bonds. The third kappa shape index (κ3) is 2.80. The molecule has 112 valence electrons. The van der Waals surface area contributed by atoms with Crippen LogP contribution in [0.25, 0.3) is 0 Å². The molecule has 1 aromatic carbocycles. The summed E-state index contributed by atoms with van der Waals surface area (Å²) in [5, 5.41) is 0.352. The minimum atomic E-state index is -3.53. The van der Waals surface area contributed by atoms with Crippen LogP contribution in [0.3, 0.4) is 0 Å². The van der Waals surface area contributed by atoms with Crippen molar-refractivity contribution < 1.29 is 8.42 Å². The number of nitrogens with zero attached hydrogens (tertiary/aromatic N) is 1. The van der Waals surface area contributed by atoms with Crippen LogP contribution in [0.1, 0.15) is 25.8 Å². The topological polar surface area (TPSA) is 63.4 Å². The van der Waals surface area contributed by atoms with Crippen LogP contribution >= 0.6 is 11.6 Å². The Labute approximate surface area is 126 Å². The fourth-order valence-corrected chi connectivity index (χ4v) is 4.65. The Morgan fingerprint density at radius 1 is 1.30 bits per heavy atom. The summed E-state index contributed by atoms with van der Waals surface area (Å²) >= 11 is 5.96. The highest BCUT2D eigenvalue weighted by Crippen LogP contribution is 2.31. The second-order valence-electron chi connectivity index (χ2n) is 5.72. The van der Waals surface area contributed by atoms with Crippen molar-refractivity contribution in [3.63, 3.8) is 0 Å². The molecule has 6 heteroatoms. The van der Waals surface area contributed by atoms with Crippen molar-refractivity contribution in [3.8, 4) is 0 Å². The van der Waals surface area contributed by atoms with E-state index in [1.807, 2.05) is 0 Å². The van der Waals surface area contributed by atoms with Crippen LogP contribution in [-0.2, 0) is 10.0 Å². The normalized spacial score (nSPS) is 24.8. The molecular formula is C14H21ClN2O2S. The van der Waals surface area contributed by atoms with Crippen molar-refractivity contribution in [2.45, 2.75) is 32.1 Å². The molecule has 0 bridgehead atoms. The van der Waals surface area contributed by atoms with Gasteiger partial charge in [0.1, 0.15) is 0 Å². The monoisotopic (exact) mass is 316 g/mol. The van der Waals surface area contributed by atoms with E-state index in [0.717, 1.165) is 6.42 Å². The van der Waals surface area contributed by atoms with Crippen LogP contribution in [0, 0.1) is 18.8 Å². The van der Waals surface area contributed by atoms with E-state index >= 15 is 0 Å². The molecule has 2 atom stereocenters. The van der Waals surface area contributed by atoms with E-state index in [-0.39, 0.29) is 4.90 Å². The van der Waals surface area contributed by atoms with E-state index in [2.05, 4.69) is 13.8 Å². The van der Waals surface area contributed by atoms with Gasteiger partial charge < -0.3 is 5.73 Å². The lowest BCUT2D eigenvalue weighted by Gasteiger charge is -2.34. The SMILES string of the molecule is Cc1c(N)cc(Cl)cc1S(=O)(=O)N1CCC(C)C(C)C1. The Morgan fingerprint density at radius 3 is 2.55 bits per heavy atom. The van der Waals surface area contributed by atoms with Gasteiger partial charge in [0, 0.05) is 23.8 Å². The van der Waals surface area contributed by atoms with Gasteiger partial charge in [-0.05, 0) is 42.9 Å². The van der Waals surface area contributed by atoms with Gasteiger partial charge in [0.2, 0.25) is 10.0 Å². The summed E-state index contributed by atoms with van der Waals surface area (Å²) in [5.74, 6) is 0.905. The average molecular weight is 317 g/mol. The first-order chi connectivity index (χ1) is 9.23. The number of halogens is 1. The van der Waals surface area contributed by atoms with E-state index in [1.54, 1.807) is 17.3 Å². The second kappa shape index (κ2) is 5.54. The maximum absolute atomic E-state index is 12.8. The minimum Gasteiger partial charge on any atom is -0.398 e. The summed E-state index contributed by atoms with van der Waals surface area (Å²) in [6, 6.07) is 3.07. The van der Waals surface area contributed by atoms with E-state index in [9.17, 15) is 8.42 Å². The molecule has 0 aromatic heterocycles. The van der Waals surface area contributed by atoms with Crippen LogP contribution in [0.5, 0.6) is 0 Å². The number of piperidine rings is 1. The third-order valence-electron chi connectivity index (χ3n) is 4.28. The average Bonchev–Trinajstić information content (AvgIpc) is 2.36. The van der Waals surface area contributed by atoms with Gasteiger partial charge in [0.25, 0.3) is 0 Å². The summed E-state index contributed by atoms with van der Waals surface area (Å²) in [6.45, 7) is 7.08. The van der Waals surface area contributed by atoms with Crippen LogP contribution in [-0.4, -0.2) is 25.8 Å². The van der Waals surface area contributed by atoms with Crippen molar-refractivity contribution in [2.24, 2.45) is 11.8 Å². The molecule has 1 saturated heterocycles. The molecule has 1 fully saturated rings. The summed E-state index contributed by atoms with van der Waals surface area (Å²) in [6.07, 6.45) is 0.884. The molecule has 2 rings (SSSR count). The molecule has 1 heterocycles. The van der Waals surface area contributed by atoms with Crippen LogP contribution in [0.2, 0.25) is 5.02 Å². The fourth-order valence-electron chi connectivity index (χ4n) is 2.52. The summed E-state index contributed by atoms with van der Waals surface area (Å²) in [5.41, 5.74) is 6.81. The Kier molecular flexibility index (Phi) is 4.33. The van der Waals surface area contributed by atoms with Crippen LogP contribution < -0.4 is 5.73 Å². The van der Waals surface area contributed by atoms with Crippen molar-refractivity contribution in [2.75, 3.05) is 18.8 Å². The fraction of sp³-hybridized carbons (Fsp3) is 0.571. The van der Waals surface area contributed by atoms with E-state index in [0.29, 0.717) is 41.2 Å². The molecule has 4 nitrogen and oxygen atoms in total. The minimum absolute atomic E-state index is 0.226. The van der Waals surface area contributed by atoms with Crippen molar-refractivity contribution >= 4 is 27.3 Å². The van der Waals surface area contributed by atoms with Crippen molar-refractivity contribution in [1.29, 1.82) is 0 Å². The van der Waals surface area contributed by atoms with E-state index in [1.165, 1.54) is 6.07 Å². The van der Waals surface area contributed by atoms with Gasteiger partial charge in [-0.25, -0.2) is 8.42 Å². The molecule has 2 unspecified atom stereocenters. The number of nitrogen functional groups attached to an aromatic ring is 1. The van der Waals surface area contributed by atoms with Gasteiger partial charge in [0.05, 0.1) is 4.90 Å². The third-order valence-corrected chi connectivity index (χ3v) is 6.49. The highest BCUT2D eigenvalue weighted by atomic mass is 35.5. The number of hydrogen-bond donors (Lipinski definition) is 1. The first-order valence-electron chi connectivity index (χ1n) is 6.79. The number of nitrogens with two attached hydrogens (primary N) is 1. The van der Waals surface area contributed by atoms with Crippen LogP contribution in [0.4, 0.5) is 5.69 Å². The lowest BCUT2D eigenvalue weighted by molar-refractivity contribution is 0.212. The Balaban J connectivity index is 2.41. The molecular weight excluding hydrogens is 296 g/mol. The maximum Gasteiger partial charge on any atom is 0.243 e. The standard InChI is InChI=1S/C14H21ClN2O2S/c1-9-4-5-17(8-10(9)2)20(18,19)14-7-12(15)6-13(16)11(14)3/h6-7,9-10H,4-5,8,16H2,1-3H3. The number of hydrogen-bond acceptors (Lipinski definition) is 3. The van der Waals surface area contributed by atoms with E-state index in [4.69, 9.17) is 17.3 Å². The molecule has 0 radical (unpaired) electrons. The number of rotatable bonds is 2. The van der Waals surface area contributed by atoms with Gasteiger partial charge in [-0.2, -0.15) is 4.31 Å². The molecule has 2 N–H and O–H groups in total. The van der Waals surface area contributed by atoms with Gasteiger partial charge in [-0.3, -0.25) is 0 Å². The molecule has 0 aliphatic carbocycles. The summed E-state index contributed by atoms with van der Waals surface area (Å²) in [4.78, 5) is 0.226. The molecule has 1 aliphatic rings.